The van der Waals surface area contributed by atoms with Crippen molar-refractivity contribution in [3.05, 3.63) is 71.0 Å². The van der Waals surface area contributed by atoms with Crippen LogP contribution in [-0.2, 0) is 14.3 Å². The third-order valence-electron chi connectivity index (χ3n) is 6.36. The van der Waals surface area contributed by atoms with Gasteiger partial charge in [-0.3, -0.25) is 14.5 Å². The minimum atomic E-state index is -0.727. The summed E-state index contributed by atoms with van der Waals surface area (Å²) in [6.45, 7) is 4.25. The van der Waals surface area contributed by atoms with E-state index in [9.17, 15) is 19.1 Å². The molecule has 1 atom stereocenters. The molecule has 0 bridgehead atoms. The summed E-state index contributed by atoms with van der Waals surface area (Å²) in [7, 11) is 3.86. The maximum Gasteiger partial charge on any atom is 0.295 e. The van der Waals surface area contributed by atoms with Crippen molar-refractivity contribution < 1.29 is 23.8 Å². The van der Waals surface area contributed by atoms with E-state index in [4.69, 9.17) is 4.74 Å². The second kappa shape index (κ2) is 10.4. The second-order valence-corrected chi connectivity index (χ2v) is 8.79. The van der Waals surface area contributed by atoms with Crippen molar-refractivity contribution >= 4 is 23.1 Å². The molecule has 8 heteroatoms. The third-order valence-corrected chi connectivity index (χ3v) is 6.36. The molecule has 0 unspecified atom stereocenters. The second-order valence-electron chi connectivity index (χ2n) is 8.79. The van der Waals surface area contributed by atoms with Crippen LogP contribution in [0.5, 0.6) is 0 Å². The van der Waals surface area contributed by atoms with Crippen LogP contribution in [0.15, 0.2) is 54.1 Å². The first-order chi connectivity index (χ1) is 16.4. The molecule has 7 nitrogen and oxygen atoms in total. The Morgan fingerprint density at radius 1 is 1.03 bits per heavy atom. The number of aliphatic hydroxyl groups excluding tert-OH is 1. The van der Waals surface area contributed by atoms with Crippen molar-refractivity contribution in [2.24, 2.45) is 0 Å². The van der Waals surface area contributed by atoms with Crippen LogP contribution in [0.25, 0.3) is 5.76 Å². The molecule has 4 rings (SSSR count). The van der Waals surface area contributed by atoms with Crippen molar-refractivity contribution in [2.45, 2.75) is 12.5 Å². The largest absolute Gasteiger partial charge is 0.507 e. The highest BCUT2D eigenvalue weighted by Gasteiger charge is 2.45. The molecule has 2 heterocycles. The Bertz CT molecular complexity index is 1060. The zero-order valence-corrected chi connectivity index (χ0v) is 19.5. The summed E-state index contributed by atoms with van der Waals surface area (Å²) in [4.78, 5) is 32.0. The lowest BCUT2D eigenvalue weighted by atomic mass is 9.95. The molecular formula is C26H30FN3O4. The van der Waals surface area contributed by atoms with E-state index < -0.39 is 23.5 Å². The third kappa shape index (κ3) is 4.98. The van der Waals surface area contributed by atoms with E-state index >= 15 is 0 Å². The van der Waals surface area contributed by atoms with Crippen molar-refractivity contribution in [1.82, 2.24) is 9.80 Å². The number of carbonyl (C=O) groups is 2. The monoisotopic (exact) mass is 467 g/mol. The Morgan fingerprint density at radius 2 is 1.68 bits per heavy atom. The number of hydrogen-bond acceptors (Lipinski definition) is 6. The van der Waals surface area contributed by atoms with Gasteiger partial charge in [0.2, 0.25) is 0 Å². The fourth-order valence-corrected chi connectivity index (χ4v) is 4.46. The van der Waals surface area contributed by atoms with Gasteiger partial charge < -0.3 is 19.6 Å². The van der Waals surface area contributed by atoms with E-state index in [2.05, 4.69) is 4.90 Å². The zero-order chi connectivity index (χ0) is 24.2. The quantitative estimate of drug-likeness (QED) is 0.383. The highest BCUT2D eigenvalue weighted by Crippen LogP contribution is 2.39. The minimum absolute atomic E-state index is 0.0283. The summed E-state index contributed by atoms with van der Waals surface area (Å²) in [5, 5.41) is 11.0. The van der Waals surface area contributed by atoms with Crippen LogP contribution in [0.4, 0.5) is 10.1 Å². The number of ketones is 1. The van der Waals surface area contributed by atoms with Gasteiger partial charge in [0.15, 0.2) is 0 Å². The number of carbonyl (C=O) groups excluding carboxylic acids is 2. The van der Waals surface area contributed by atoms with Crippen LogP contribution in [0.1, 0.15) is 23.6 Å². The molecule has 0 radical (unpaired) electrons. The summed E-state index contributed by atoms with van der Waals surface area (Å²) in [6, 6.07) is 12.1. The standard InChI is InChI=1S/C26H30FN3O4/c1-28(2)21-10-6-18(7-11-21)23-22(24(31)19-4-8-20(27)9-5-19)25(32)26(33)30(23)13-3-12-29-14-16-34-17-15-29/h4-11,23,31H,3,12-17H2,1-2H3/t23-/m1/s1. The SMILES string of the molecule is CN(C)c1ccc([C@@H]2C(=C(O)c3ccc(F)cc3)C(=O)C(=O)N2CCCN2CCOCC2)cc1. The van der Waals surface area contributed by atoms with Gasteiger partial charge in [-0.25, -0.2) is 4.39 Å². The van der Waals surface area contributed by atoms with E-state index in [1.54, 1.807) is 4.90 Å². The Morgan fingerprint density at radius 3 is 2.29 bits per heavy atom. The molecule has 0 aromatic heterocycles. The maximum atomic E-state index is 13.4. The molecule has 2 aliphatic heterocycles. The maximum absolute atomic E-state index is 13.4. The first-order valence-electron chi connectivity index (χ1n) is 11.5. The lowest BCUT2D eigenvalue weighted by molar-refractivity contribution is -0.140. The molecular weight excluding hydrogens is 437 g/mol. The van der Waals surface area contributed by atoms with E-state index in [0.717, 1.165) is 30.9 Å². The number of likely N-dealkylation sites (tertiary alicyclic amines) is 1. The molecule has 34 heavy (non-hydrogen) atoms. The van der Waals surface area contributed by atoms with Crippen molar-refractivity contribution in [3.63, 3.8) is 0 Å². The smallest absolute Gasteiger partial charge is 0.295 e. The number of nitrogens with zero attached hydrogens (tertiary/aromatic N) is 3. The number of morpholine rings is 1. The Kier molecular flexibility index (Phi) is 7.29. The molecule has 2 aliphatic rings. The molecule has 0 saturated carbocycles. The van der Waals surface area contributed by atoms with Crippen LogP contribution in [0.3, 0.4) is 0 Å². The fraction of sp³-hybridized carbons (Fsp3) is 0.385. The Labute approximate surface area is 199 Å². The number of ether oxygens (including phenoxy) is 1. The summed E-state index contributed by atoms with van der Waals surface area (Å²) in [6.07, 6.45) is 0.690. The van der Waals surface area contributed by atoms with Gasteiger partial charge in [0, 0.05) is 51.5 Å². The van der Waals surface area contributed by atoms with E-state index in [-0.39, 0.29) is 11.3 Å². The van der Waals surface area contributed by atoms with Gasteiger partial charge in [0.25, 0.3) is 11.7 Å². The number of Topliss-reactive ketones (excluding diaryl/α,β-unsaturated/α-hetero) is 1. The number of anilines is 1. The molecule has 2 aromatic rings. The van der Waals surface area contributed by atoms with Crippen molar-refractivity contribution in [1.29, 1.82) is 0 Å². The average molecular weight is 468 g/mol. The molecule has 1 amide bonds. The van der Waals surface area contributed by atoms with Gasteiger partial charge in [-0.15, -0.1) is 0 Å². The van der Waals surface area contributed by atoms with Gasteiger partial charge in [-0.2, -0.15) is 0 Å². The van der Waals surface area contributed by atoms with E-state index in [1.807, 2.05) is 43.3 Å². The number of hydrogen-bond donors (Lipinski definition) is 1. The number of amides is 1. The van der Waals surface area contributed by atoms with Gasteiger partial charge in [0.1, 0.15) is 11.6 Å². The molecule has 0 spiro atoms. The van der Waals surface area contributed by atoms with Gasteiger partial charge in [0.05, 0.1) is 24.8 Å². The van der Waals surface area contributed by atoms with Gasteiger partial charge in [-0.1, -0.05) is 12.1 Å². The van der Waals surface area contributed by atoms with E-state index in [0.29, 0.717) is 31.7 Å². The summed E-state index contributed by atoms with van der Waals surface area (Å²) >= 11 is 0. The predicted molar refractivity (Wildman–Crippen MR) is 128 cm³/mol. The lowest BCUT2D eigenvalue weighted by Crippen LogP contribution is -2.38. The Balaban J connectivity index is 1.67. The molecule has 2 aromatic carbocycles. The average Bonchev–Trinajstić information content (AvgIpc) is 3.10. The van der Waals surface area contributed by atoms with Crippen LogP contribution >= 0.6 is 0 Å². The van der Waals surface area contributed by atoms with Crippen molar-refractivity contribution in [2.75, 3.05) is 58.4 Å². The van der Waals surface area contributed by atoms with Crippen LogP contribution < -0.4 is 4.90 Å². The highest BCUT2D eigenvalue weighted by molar-refractivity contribution is 6.46. The van der Waals surface area contributed by atoms with Crippen LogP contribution in [0, 0.1) is 5.82 Å². The van der Waals surface area contributed by atoms with E-state index in [1.165, 1.54) is 24.3 Å². The van der Waals surface area contributed by atoms with Crippen LogP contribution in [-0.4, -0.2) is 80.1 Å². The number of rotatable bonds is 7. The molecule has 2 fully saturated rings. The number of benzene rings is 2. The highest BCUT2D eigenvalue weighted by atomic mass is 19.1. The van der Waals surface area contributed by atoms with Gasteiger partial charge in [-0.05, 0) is 48.4 Å². The summed E-state index contributed by atoms with van der Waals surface area (Å²) in [5.74, 6) is -2.10. The number of aliphatic hydroxyl groups is 1. The molecule has 0 aliphatic carbocycles. The predicted octanol–water partition coefficient (Wildman–Crippen LogP) is 3.04. The minimum Gasteiger partial charge on any atom is -0.507 e. The topological polar surface area (TPSA) is 73.3 Å². The normalized spacial score (nSPS) is 20.7. The summed E-state index contributed by atoms with van der Waals surface area (Å²) < 4.78 is 18.8. The number of halogens is 1. The zero-order valence-electron chi connectivity index (χ0n) is 19.5. The fourth-order valence-electron chi connectivity index (χ4n) is 4.46. The molecule has 1 N–H and O–H groups in total. The lowest BCUT2D eigenvalue weighted by Gasteiger charge is -2.29. The summed E-state index contributed by atoms with van der Waals surface area (Å²) in [5.41, 5.74) is 2.04. The first-order valence-corrected chi connectivity index (χ1v) is 11.5. The van der Waals surface area contributed by atoms with Crippen molar-refractivity contribution in [3.8, 4) is 0 Å². The van der Waals surface area contributed by atoms with Crippen LogP contribution in [0.2, 0.25) is 0 Å². The van der Waals surface area contributed by atoms with Gasteiger partial charge >= 0.3 is 0 Å². The first kappa shape index (κ1) is 23.9. The molecule has 180 valence electrons. The molecule has 2 saturated heterocycles. The Hall–Kier alpha value is -3.23.